The van der Waals surface area contributed by atoms with Crippen LogP contribution in [0.3, 0.4) is 0 Å². The van der Waals surface area contributed by atoms with Crippen molar-refractivity contribution in [3.8, 4) is 23.1 Å². The summed E-state index contributed by atoms with van der Waals surface area (Å²) in [4.78, 5) is 7.77. The van der Waals surface area contributed by atoms with Crippen LogP contribution in [-0.2, 0) is 11.9 Å². The SMILES string of the molecule is Cc1cccc(CSc2nc(Oc3ccc4c(c3)OCO4)cc(C(F)(F)F)n2)c1. The number of ether oxygens (including phenoxy) is 3. The van der Waals surface area contributed by atoms with E-state index >= 15 is 0 Å². The maximum absolute atomic E-state index is 13.3. The average molecular weight is 420 g/mol. The van der Waals surface area contributed by atoms with Crippen LogP contribution in [0.25, 0.3) is 0 Å². The van der Waals surface area contributed by atoms with E-state index in [1.807, 2.05) is 31.2 Å². The predicted octanol–water partition coefficient (Wildman–Crippen LogP) is 5.62. The molecule has 0 atom stereocenters. The molecule has 0 saturated heterocycles. The van der Waals surface area contributed by atoms with Gasteiger partial charge in [-0.2, -0.15) is 18.2 Å². The minimum atomic E-state index is -4.62. The zero-order valence-corrected chi connectivity index (χ0v) is 16.0. The Balaban J connectivity index is 1.58. The summed E-state index contributed by atoms with van der Waals surface area (Å²) in [5.74, 6) is 1.53. The van der Waals surface area contributed by atoms with Crippen molar-refractivity contribution in [2.24, 2.45) is 0 Å². The van der Waals surface area contributed by atoms with Crippen molar-refractivity contribution < 1.29 is 27.4 Å². The summed E-state index contributed by atoms with van der Waals surface area (Å²) in [5.41, 5.74) is 0.976. The summed E-state index contributed by atoms with van der Waals surface area (Å²) in [6.45, 7) is 2.04. The molecule has 0 bridgehead atoms. The number of fused-ring (bicyclic) bond motifs is 1. The third kappa shape index (κ3) is 4.73. The standard InChI is InChI=1S/C20H15F3N2O3S/c1-12-3-2-4-13(7-12)10-29-19-24-17(20(21,22)23)9-18(25-19)28-14-5-6-15-16(8-14)27-11-26-15/h2-9H,10-11H2,1H3. The molecule has 2 heterocycles. The molecule has 4 rings (SSSR count). The van der Waals surface area contributed by atoms with Gasteiger partial charge in [0.15, 0.2) is 22.3 Å². The Hall–Kier alpha value is -2.94. The smallest absolute Gasteiger partial charge is 0.433 e. The fourth-order valence-corrected chi connectivity index (χ4v) is 3.47. The van der Waals surface area contributed by atoms with Gasteiger partial charge in [0.2, 0.25) is 12.7 Å². The molecule has 29 heavy (non-hydrogen) atoms. The molecule has 0 amide bonds. The van der Waals surface area contributed by atoms with Crippen LogP contribution in [0.1, 0.15) is 16.8 Å². The number of benzene rings is 2. The second-order valence-electron chi connectivity index (χ2n) is 6.27. The highest BCUT2D eigenvalue weighted by Gasteiger charge is 2.34. The van der Waals surface area contributed by atoms with Crippen LogP contribution in [0.2, 0.25) is 0 Å². The Bertz CT molecular complexity index is 1040. The topological polar surface area (TPSA) is 53.5 Å². The number of aromatic nitrogens is 2. The molecule has 2 aromatic carbocycles. The maximum atomic E-state index is 13.3. The van der Waals surface area contributed by atoms with Crippen molar-refractivity contribution in [1.29, 1.82) is 0 Å². The van der Waals surface area contributed by atoms with Gasteiger partial charge in [0.1, 0.15) is 5.75 Å². The second-order valence-corrected chi connectivity index (χ2v) is 7.21. The molecule has 0 unspecified atom stereocenters. The van der Waals surface area contributed by atoms with E-state index in [-0.39, 0.29) is 23.6 Å². The van der Waals surface area contributed by atoms with Gasteiger partial charge in [-0.15, -0.1) is 0 Å². The number of halogens is 3. The van der Waals surface area contributed by atoms with E-state index in [0.29, 0.717) is 17.3 Å². The first-order valence-corrected chi connectivity index (χ1v) is 9.57. The van der Waals surface area contributed by atoms with Gasteiger partial charge in [-0.25, -0.2) is 4.98 Å². The number of hydrogen-bond donors (Lipinski definition) is 0. The van der Waals surface area contributed by atoms with Gasteiger partial charge < -0.3 is 14.2 Å². The Morgan fingerprint density at radius 1 is 1.03 bits per heavy atom. The molecule has 5 nitrogen and oxygen atoms in total. The van der Waals surface area contributed by atoms with Crippen molar-refractivity contribution in [2.45, 2.75) is 24.0 Å². The lowest BCUT2D eigenvalue weighted by molar-refractivity contribution is -0.141. The zero-order chi connectivity index (χ0) is 20.4. The van der Waals surface area contributed by atoms with E-state index in [0.717, 1.165) is 29.0 Å². The van der Waals surface area contributed by atoms with Crippen LogP contribution >= 0.6 is 11.8 Å². The molecule has 1 aliphatic heterocycles. The Labute approximate surface area is 168 Å². The van der Waals surface area contributed by atoms with Crippen molar-refractivity contribution in [3.05, 3.63) is 65.4 Å². The van der Waals surface area contributed by atoms with Crippen LogP contribution in [0.4, 0.5) is 13.2 Å². The van der Waals surface area contributed by atoms with Crippen molar-refractivity contribution in [2.75, 3.05) is 6.79 Å². The molecule has 9 heteroatoms. The number of hydrogen-bond acceptors (Lipinski definition) is 6. The fourth-order valence-electron chi connectivity index (χ4n) is 2.68. The third-order valence-electron chi connectivity index (χ3n) is 3.99. The average Bonchev–Trinajstić information content (AvgIpc) is 3.13. The van der Waals surface area contributed by atoms with Crippen molar-refractivity contribution in [3.63, 3.8) is 0 Å². The van der Waals surface area contributed by atoms with E-state index in [9.17, 15) is 13.2 Å². The Kier molecular flexibility index (Phi) is 5.23. The molecule has 0 spiro atoms. The lowest BCUT2D eigenvalue weighted by Crippen LogP contribution is -2.10. The van der Waals surface area contributed by atoms with Gasteiger partial charge in [-0.3, -0.25) is 0 Å². The summed E-state index contributed by atoms with van der Waals surface area (Å²) in [7, 11) is 0. The molecule has 1 aliphatic rings. The van der Waals surface area contributed by atoms with Crippen LogP contribution in [0, 0.1) is 6.92 Å². The van der Waals surface area contributed by atoms with E-state index in [1.165, 1.54) is 6.07 Å². The van der Waals surface area contributed by atoms with E-state index in [2.05, 4.69) is 9.97 Å². The van der Waals surface area contributed by atoms with Gasteiger partial charge in [0.25, 0.3) is 0 Å². The van der Waals surface area contributed by atoms with Gasteiger partial charge in [0.05, 0.1) is 0 Å². The van der Waals surface area contributed by atoms with Crippen LogP contribution in [0.15, 0.2) is 53.7 Å². The molecule has 0 N–H and O–H groups in total. The molecule has 0 fully saturated rings. The third-order valence-corrected chi connectivity index (χ3v) is 4.91. The summed E-state index contributed by atoms with van der Waals surface area (Å²) in [6, 6.07) is 13.2. The highest BCUT2D eigenvalue weighted by molar-refractivity contribution is 7.98. The molecule has 0 aliphatic carbocycles. The number of alkyl halides is 3. The second kappa shape index (κ2) is 7.82. The van der Waals surface area contributed by atoms with Gasteiger partial charge in [-0.1, -0.05) is 41.6 Å². The highest BCUT2D eigenvalue weighted by atomic mass is 32.2. The number of nitrogens with zero attached hydrogens (tertiary/aromatic N) is 2. The van der Waals surface area contributed by atoms with Crippen LogP contribution in [-0.4, -0.2) is 16.8 Å². The first kappa shape index (κ1) is 19.4. The Morgan fingerprint density at radius 3 is 2.66 bits per heavy atom. The van der Waals surface area contributed by atoms with Gasteiger partial charge in [-0.05, 0) is 24.6 Å². The lowest BCUT2D eigenvalue weighted by Gasteiger charge is -2.11. The van der Waals surface area contributed by atoms with E-state index in [1.54, 1.807) is 12.1 Å². The molecule has 150 valence electrons. The number of rotatable bonds is 5. The van der Waals surface area contributed by atoms with Gasteiger partial charge >= 0.3 is 6.18 Å². The summed E-state index contributed by atoms with van der Waals surface area (Å²) < 4.78 is 55.9. The summed E-state index contributed by atoms with van der Waals surface area (Å²) in [5, 5.41) is -0.0166. The quantitative estimate of drug-likeness (QED) is 0.395. The monoisotopic (exact) mass is 420 g/mol. The minimum absolute atomic E-state index is 0.0166. The predicted molar refractivity (Wildman–Crippen MR) is 100 cm³/mol. The fraction of sp³-hybridized carbons (Fsp3) is 0.200. The largest absolute Gasteiger partial charge is 0.454 e. The number of aryl methyl sites for hydroxylation is 1. The molecular formula is C20H15F3N2O3S. The molecule has 3 aromatic rings. The highest BCUT2D eigenvalue weighted by Crippen LogP contribution is 2.37. The molecular weight excluding hydrogens is 405 g/mol. The van der Waals surface area contributed by atoms with Crippen LogP contribution < -0.4 is 14.2 Å². The van der Waals surface area contributed by atoms with E-state index in [4.69, 9.17) is 14.2 Å². The molecule has 1 aromatic heterocycles. The van der Waals surface area contributed by atoms with Gasteiger partial charge in [0, 0.05) is 17.9 Å². The maximum Gasteiger partial charge on any atom is 0.433 e. The first-order chi connectivity index (χ1) is 13.9. The molecule has 0 radical (unpaired) electrons. The summed E-state index contributed by atoms with van der Waals surface area (Å²) in [6.07, 6.45) is -4.62. The van der Waals surface area contributed by atoms with Crippen molar-refractivity contribution in [1.82, 2.24) is 9.97 Å². The first-order valence-electron chi connectivity index (χ1n) is 8.59. The molecule has 0 saturated carbocycles. The number of thioether (sulfide) groups is 1. The van der Waals surface area contributed by atoms with Crippen molar-refractivity contribution >= 4 is 11.8 Å². The summed E-state index contributed by atoms with van der Waals surface area (Å²) >= 11 is 1.11. The zero-order valence-electron chi connectivity index (χ0n) is 15.2. The van der Waals surface area contributed by atoms with E-state index < -0.39 is 11.9 Å². The minimum Gasteiger partial charge on any atom is -0.454 e. The Morgan fingerprint density at radius 2 is 1.86 bits per heavy atom. The van der Waals surface area contributed by atoms with Crippen LogP contribution in [0.5, 0.6) is 23.1 Å². The lowest BCUT2D eigenvalue weighted by atomic mass is 10.2. The normalized spacial score (nSPS) is 12.8.